The van der Waals surface area contributed by atoms with E-state index in [0.29, 0.717) is 4.88 Å². The molecule has 0 radical (unpaired) electrons. The van der Waals surface area contributed by atoms with Gasteiger partial charge in [0, 0.05) is 5.56 Å². The normalized spacial score (nSPS) is 12.7. The number of halogens is 2. The summed E-state index contributed by atoms with van der Waals surface area (Å²) in [5, 5.41) is 3.98. The predicted octanol–water partition coefficient (Wildman–Crippen LogP) is 2.82. The van der Waals surface area contributed by atoms with E-state index in [2.05, 4.69) is 9.59 Å². The Morgan fingerprint density at radius 2 is 2.17 bits per heavy atom. The number of hydrogen-bond donors (Lipinski definition) is 1. The Bertz CT molecular complexity index is 542. The maximum Gasteiger partial charge on any atom is 0.128 e. The van der Waals surface area contributed by atoms with Crippen molar-refractivity contribution in [3.05, 3.63) is 46.0 Å². The lowest BCUT2D eigenvalue weighted by atomic mass is 10.0. The van der Waals surface area contributed by atoms with E-state index in [1.807, 2.05) is 6.92 Å². The van der Waals surface area contributed by atoms with E-state index in [1.54, 1.807) is 0 Å². The van der Waals surface area contributed by atoms with Crippen LogP contribution in [0.5, 0.6) is 0 Å². The molecule has 0 saturated heterocycles. The molecule has 1 heterocycles. The van der Waals surface area contributed by atoms with Gasteiger partial charge in [0.05, 0.1) is 16.6 Å². The van der Waals surface area contributed by atoms with Crippen molar-refractivity contribution in [3.8, 4) is 0 Å². The minimum atomic E-state index is -0.720. The summed E-state index contributed by atoms with van der Waals surface area (Å²) in [5.41, 5.74) is 6.89. The van der Waals surface area contributed by atoms with E-state index in [-0.39, 0.29) is 5.56 Å². The zero-order valence-corrected chi connectivity index (χ0v) is 10.7. The highest BCUT2D eigenvalue weighted by atomic mass is 32.1. The van der Waals surface area contributed by atoms with E-state index < -0.39 is 17.7 Å². The molecule has 0 amide bonds. The van der Waals surface area contributed by atoms with E-state index in [4.69, 9.17) is 5.73 Å². The summed E-state index contributed by atoms with van der Waals surface area (Å²) in [6.45, 7) is 2.01. The van der Waals surface area contributed by atoms with Crippen molar-refractivity contribution in [1.82, 2.24) is 9.59 Å². The van der Waals surface area contributed by atoms with Gasteiger partial charge in [-0.05, 0) is 36.2 Å². The van der Waals surface area contributed by atoms with Gasteiger partial charge in [0.15, 0.2) is 0 Å². The van der Waals surface area contributed by atoms with Crippen molar-refractivity contribution in [1.29, 1.82) is 0 Å². The minimum Gasteiger partial charge on any atom is -0.319 e. The molecule has 0 fully saturated rings. The standard InChI is InChI=1S/C12H13F2N3S/c1-2-3-10-12(18-17-16-10)11(15)8-6-7(13)4-5-9(8)14/h4-6,11H,2-3,15H2,1H3. The minimum absolute atomic E-state index is 0.137. The molecular formula is C12H13F2N3S. The van der Waals surface area contributed by atoms with Gasteiger partial charge in [-0.25, -0.2) is 8.78 Å². The molecule has 0 aliphatic heterocycles. The average Bonchev–Trinajstić information content (AvgIpc) is 2.80. The molecule has 1 aromatic carbocycles. The van der Waals surface area contributed by atoms with Gasteiger partial charge in [-0.15, -0.1) is 5.10 Å². The van der Waals surface area contributed by atoms with Crippen LogP contribution in [0.4, 0.5) is 8.78 Å². The number of hydrogen-bond acceptors (Lipinski definition) is 4. The molecule has 1 aromatic heterocycles. The molecule has 0 saturated carbocycles. The largest absolute Gasteiger partial charge is 0.319 e. The third-order valence-electron chi connectivity index (χ3n) is 2.65. The van der Waals surface area contributed by atoms with E-state index in [0.717, 1.165) is 48.3 Å². The Hall–Kier alpha value is -1.40. The maximum absolute atomic E-state index is 13.6. The molecule has 1 unspecified atom stereocenters. The Balaban J connectivity index is 2.38. The molecule has 96 valence electrons. The summed E-state index contributed by atoms with van der Waals surface area (Å²) in [5.74, 6) is -1.02. The van der Waals surface area contributed by atoms with E-state index in [1.165, 1.54) is 0 Å². The van der Waals surface area contributed by atoms with Crippen LogP contribution >= 0.6 is 11.5 Å². The van der Waals surface area contributed by atoms with Crippen LogP contribution in [0.15, 0.2) is 18.2 Å². The number of aromatic nitrogens is 2. The van der Waals surface area contributed by atoms with Crippen molar-refractivity contribution in [2.75, 3.05) is 0 Å². The van der Waals surface area contributed by atoms with Gasteiger partial charge in [-0.1, -0.05) is 17.8 Å². The lowest BCUT2D eigenvalue weighted by Crippen LogP contribution is -2.14. The van der Waals surface area contributed by atoms with Crippen LogP contribution < -0.4 is 5.73 Å². The molecule has 6 heteroatoms. The molecule has 2 N–H and O–H groups in total. The van der Waals surface area contributed by atoms with Crippen LogP contribution in [0.2, 0.25) is 0 Å². The molecule has 0 aliphatic rings. The highest BCUT2D eigenvalue weighted by Crippen LogP contribution is 2.27. The molecule has 2 aromatic rings. The topological polar surface area (TPSA) is 51.8 Å². The van der Waals surface area contributed by atoms with Crippen LogP contribution in [0, 0.1) is 11.6 Å². The molecule has 0 spiro atoms. The number of nitrogens with two attached hydrogens (primary N) is 1. The van der Waals surface area contributed by atoms with Crippen LogP contribution in [-0.4, -0.2) is 9.59 Å². The second-order valence-electron chi connectivity index (χ2n) is 3.98. The lowest BCUT2D eigenvalue weighted by molar-refractivity contribution is 0.577. The fourth-order valence-corrected chi connectivity index (χ4v) is 2.47. The first-order valence-corrected chi connectivity index (χ1v) is 6.42. The highest BCUT2D eigenvalue weighted by molar-refractivity contribution is 7.05. The van der Waals surface area contributed by atoms with Crippen molar-refractivity contribution < 1.29 is 8.78 Å². The highest BCUT2D eigenvalue weighted by Gasteiger charge is 2.20. The molecule has 18 heavy (non-hydrogen) atoms. The monoisotopic (exact) mass is 269 g/mol. The van der Waals surface area contributed by atoms with Crippen LogP contribution in [0.25, 0.3) is 0 Å². The number of rotatable bonds is 4. The average molecular weight is 269 g/mol. The quantitative estimate of drug-likeness (QED) is 0.928. The molecule has 1 atom stereocenters. The molecule has 2 rings (SSSR count). The Kier molecular flexibility index (Phi) is 3.98. The Morgan fingerprint density at radius 1 is 1.39 bits per heavy atom. The fraction of sp³-hybridized carbons (Fsp3) is 0.333. The predicted molar refractivity (Wildman–Crippen MR) is 66.3 cm³/mol. The van der Waals surface area contributed by atoms with Crippen molar-refractivity contribution >= 4 is 11.5 Å². The molecular weight excluding hydrogens is 256 g/mol. The zero-order chi connectivity index (χ0) is 13.1. The second kappa shape index (κ2) is 5.49. The summed E-state index contributed by atoms with van der Waals surface area (Å²) in [6.07, 6.45) is 1.63. The first-order chi connectivity index (χ1) is 8.63. The fourth-order valence-electron chi connectivity index (χ4n) is 1.76. The number of benzene rings is 1. The van der Waals surface area contributed by atoms with Crippen molar-refractivity contribution in [2.45, 2.75) is 25.8 Å². The maximum atomic E-state index is 13.6. The third kappa shape index (κ3) is 2.54. The van der Waals surface area contributed by atoms with Crippen LogP contribution in [-0.2, 0) is 6.42 Å². The Morgan fingerprint density at radius 3 is 2.89 bits per heavy atom. The summed E-state index contributed by atoms with van der Waals surface area (Å²) >= 11 is 1.13. The van der Waals surface area contributed by atoms with E-state index >= 15 is 0 Å². The Labute approximate surface area is 108 Å². The van der Waals surface area contributed by atoms with E-state index in [9.17, 15) is 8.78 Å². The van der Waals surface area contributed by atoms with Gasteiger partial charge < -0.3 is 5.73 Å². The van der Waals surface area contributed by atoms with Gasteiger partial charge in [0.25, 0.3) is 0 Å². The van der Waals surface area contributed by atoms with Crippen LogP contribution in [0.3, 0.4) is 0 Å². The lowest BCUT2D eigenvalue weighted by Gasteiger charge is -2.12. The van der Waals surface area contributed by atoms with Crippen molar-refractivity contribution in [3.63, 3.8) is 0 Å². The number of nitrogens with zero attached hydrogens (tertiary/aromatic N) is 2. The SMILES string of the molecule is CCCc1nnsc1C(N)c1cc(F)ccc1F. The zero-order valence-electron chi connectivity index (χ0n) is 9.86. The third-order valence-corrected chi connectivity index (χ3v) is 3.50. The van der Waals surface area contributed by atoms with Gasteiger partial charge >= 0.3 is 0 Å². The second-order valence-corrected chi connectivity index (χ2v) is 4.76. The summed E-state index contributed by atoms with van der Waals surface area (Å²) in [7, 11) is 0. The van der Waals surface area contributed by atoms with Crippen LogP contribution in [0.1, 0.15) is 35.5 Å². The first-order valence-electron chi connectivity index (χ1n) is 5.65. The van der Waals surface area contributed by atoms with Gasteiger partial charge in [0.1, 0.15) is 11.6 Å². The van der Waals surface area contributed by atoms with Gasteiger partial charge in [-0.3, -0.25) is 0 Å². The molecule has 0 bridgehead atoms. The summed E-state index contributed by atoms with van der Waals surface area (Å²) in [6, 6.07) is 2.56. The summed E-state index contributed by atoms with van der Waals surface area (Å²) in [4.78, 5) is 0.696. The van der Waals surface area contributed by atoms with Gasteiger partial charge in [-0.2, -0.15) is 0 Å². The smallest absolute Gasteiger partial charge is 0.128 e. The van der Waals surface area contributed by atoms with Crippen molar-refractivity contribution in [2.24, 2.45) is 5.73 Å². The summed E-state index contributed by atoms with van der Waals surface area (Å²) < 4.78 is 30.6. The first kappa shape index (κ1) is 13.0. The number of aryl methyl sites for hydroxylation is 1. The van der Waals surface area contributed by atoms with Gasteiger partial charge in [0.2, 0.25) is 0 Å². The molecule has 0 aliphatic carbocycles. The molecule has 3 nitrogen and oxygen atoms in total.